The third-order valence-corrected chi connectivity index (χ3v) is 10.1. The molecule has 1 aliphatic heterocycles. The molecule has 4 nitrogen and oxygen atoms in total. The number of benzene rings is 8. The first-order valence-corrected chi connectivity index (χ1v) is 17.9. The van der Waals surface area contributed by atoms with Gasteiger partial charge in [-0.15, -0.1) is 0 Å². The maximum atomic E-state index is 4.94. The maximum absolute atomic E-state index is 4.94. The van der Waals surface area contributed by atoms with E-state index in [2.05, 4.69) is 138 Å². The van der Waals surface area contributed by atoms with Crippen molar-refractivity contribution in [1.29, 1.82) is 0 Å². The first kappa shape index (κ1) is 30.6. The van der Waals surface area contributed by atoms with E-state index in [9.17, 15) is 0 Å². The number of rotatable bonds is 6. The molecule has 53 heavy (non-hydrogen) atoms. The predicted molar refractivity (Wildman–Crippen MR) is 218 cm³/mol. The van der Waals surface area contributed by atoms with E-state index in [1.807, 2.05) is 60.7 Å². The molecule has 10 rings (SSSR count). The first-order chi connectivity index (χ1) is 26.3. The Morgan fingerprint density at radius 2 is 0.792 bits per heavy atom. The zero-order chi connectivity index (χ0) is 35.1. The number of para-hydroxylation sites is 1. The number of fused-ring (bicyclic) bond motifs is 2. The highest BCUT2D eigenvalue weighted by molar-refractivity contribution is 6.17. The second-order valence-electron chi connectivity index (χ2n) is 13.2. The number of hydrogen-bond acceptors (Lipinski definition) is 4. The minimum Gasteiger partial charge on any atom is -0.309 e. The van der Waals surface area contributed by atoms with E-state index < -0.39 is 0 Å². The normalized spacial score (nSPS) is 11.7. The average Bonchev–Trinajstić information content (AvgIpc) is 3.25. The van der Waals surface area contributed by atoms with Gasteiger partial charge in [0.1, 0.15) is 0 Å². The van der Waals surface area contributed by atoms with Crippen LogP contribution in [0, 0.1) is 0 Å². The van der Waals surface area contributed by atoms with E-state index in [0.29, 0.717) is 17.5 Å². The Bertz CT molecular complexity index is 2690. The molecular weight excluding hydrogens is 645 g/mol. The smallest absolute Gasteiger partial charge is 0.164 e. The Kier molecular flexibility index (Phi) is 7.43. The van der Waals surface area contributed by atoms with Gasteiger partial charge in [0.25, 0.3) is 0 Å². The zero-order valence-corrected chi connectivity index (χ0v) is 28.8. The largest absolute Gasteiger partial charge is 0.309 e. The Labute approximate surface area is 308 Å². The van der Waals surface area contributed by atoms with Crippen molar-refractivity contribution < 1.29 is 0 Å². The quantitative estimate of drug-likeness (QED) is 0.176. The first-order valence-electron chi connectivity index (χ1n) is 17.9. The van der Waals surface area contributed by atoms with Crippen LogP contribution < -0.4 is 4.90 Å². The summed E-state index contributed by atoms with van der Waals surface area (Å²) in [6.07, 6.45) is 0. The number of anilines is 3. The van der Waals surface area contributed by atoms with Crippen LogP contribution in [0.15, 0.2) is 194 Å². The van der Waals surface area contributed by atoms with Gasteiger partial charge in [0, 0.05) is 33.3 Å². The maximum Gasteiger partial charge on any atom is 0.164 e. The van der Waals surface area contributed by atoms with Crippen LogP contribution in [0.25, 0.3) is 78.3 Å². The van der Waals surface area contributed by atoms with Crippen molar-refractivity contribution in [2.75, 3.05) is 4.90 Å². The lowest BCUT2D eigenvalue weighted by molar-refractivity contribution is 1.07. The van der Waals surface area contributed by atoms with E-state index in [0.717, 1.165) is 39.2 Å². The van der Waals surface area contributed by atoms with Crippen LogP contribution in [0.3, 0.4) is 0 Å². The predicted octanol–water partition coefficient (Wildman–Crippen LogP) is 12.8. The second kappa shape index (κ2) is 12.9. The molecule has 1 aromatic heterocycles. The van der Waals surface area contributed by atoms with E-state index in [4.69, 9.17) is 15.0 Å². The van der Waals surface area contributed by atoms with Gasteiger partial charge in [-0.2, -0.15) is 0 Å². The molecule has 0 amide bonds. The second-order valence-corrected chi connectivity index (χ2v) is 13.2. The summed E-state index contributed by atoms with van der Waals surface area (Å²) in [7, 11) is 0. The molecular formula is C49H32N4. The van der Waals surface area contributed by atoms with E-state index >= 15 is 0 Å². The van der Waals surface area contributed by atoms with Gasteiger partial charge in [0.2, 0.25) is 0 Å². The molecule has 0 saturated carbocycles. The van der Waals surface area contributed by atoms with Crippen molar-refractivity contribution in [3.05, 3.63) is 194 Å². The van der Waals surface area contributed by atoms with Crippen LogP contribution in [0.4, 0.5) is 17.1 Å². The highest BCUT2D eigenvalue weighted by atomic mass is 15.2. The monoisotopic (exact) mass is 676 g/mol. The van der Waals surface area contributed by atoms with Crippen molar-refractivity contribution >= 4 is 27.8 Å². The molecule has 0 fully saturated rings. The van der Waals surface area contributed by atoms with Crippen LogP contribution in [-0.2, 0) is 0 Å². The summed E-state index contributed by atoms with van der Waals surface area (Å²) < 4.78 is 0. The van der Waals surface area contributed by atoms with Gasteiger partial charge >= 0.3 is 0 Å². The summed E-state index contributed by atoms with van der Waals surface area (Å²) in [5, 5.41) is 2.51. The molecule has 0 unspecified atom stereocenters. The van der Waals surface area contributed by atoms with Crippen molar-refractivity contribution in [3.8, 4) is 67.5 Å². The fourth-order valence-corrected chi connectivity index (χ4v) is 7.53. The molecule has 2 heterocycles. The molecule has 0 radical (unpaired) electrons. The molecule has 0 atom stereocenters. The minimum absolute atomic E-state index is 0.644. The Hall–Kier alpha value is -7.17. The standard InChI is InChI=1S/C49H32N4/c1-5-14-34(15-6-1)40-29-31-45-46-41(40)22-13-23-42(46)43-32-38(28-30-44(43)53(45)39-20-11-4-12-21-39)33-24-26-37(27-25-33)49-51-47(35-16-7-2-8-17-35)50-48(52-49)36-18-9-3-10-19-36/h1-32H. The van der Waals surface area contributed by atoms with E-state index in [1.165, 1.54) is 38.7 Å². The summed E-state index contributed by atoms with van der Waals surface area (Å²) >= 11 is 0. The molecule has 0 bridgehead atoms. The summed E-state index contributed by atoms with van der Waals surface area (Å²) in [6, 6.07) is 68.2. The number of hydrogen-bond donors (Lipinski definition) is 0. The SMILES string of the molecule is c1ccc(-c2nc(-c3ccccc3)nc(-c3ccc(-c4ccc5c(c4)-c4cccc6c(-c7ccccc7)ccc(c46)N5c4ccccc4)cc3)n2)cc1. The lowest BCUT2D eigenvalue weighted by atomic mass is 9.86. The van der Waals surface area contributed by atoms with Gasteiger partial charge in [-0.25, -0.2) is 15.0 Å². The Morgan fingerprint density at radius 1 is 0.302 bits per heavy atom. The molecule has 4 heteroatoms. The topological polar surface area (TPSA) is 41.9 Å². The van der Waals surface area contributed by atoms with Gasteiger partial charge in [0.15, 0.2) is 17.5 Å². The lowest BCUT2D eigenvalue weighted by Gasteiger charge is -2.34. The molecule has 0 spiro atoms. The van der Waals surface area contributed by atoms with Crippen molar-refractivity contribution in [1.82, 2.24) is 15.0 Å². The van der Waals surface area contributed by atoms with Crippen molar-refractivity contribution in [2.45, 2.75) is 0 Å². The zero-order valence-electron chi connectivity index (χ0n) is 28.8. The van der Waals surface area contributed by atoms with Gasteiger partial charge in [-0.1, -0.05) is 164 Å². The van der Waals surface area contributed by atoms with E-state index in [-0.39, 0.29) is 0 Å². The van der Waals surface area contributed by atoms with Crippen LogP contribution in [-0.4, -0.2) is 15.0 Å². The summed E-state index contributed by atoms with van der Waals surface area (Å²) in [4.78, 5) is 17.1. The molecule has 248 valence electrons. The summed E-state index contributed by atoms with van der Waals surface area (Å²) in [6.45, 7) is 0. The van der Waals surface area contributed by atoms with Crippen LogP contribution in [0.1, 0.15) is 0 Å². The molecule has 9 aromatic rings. The Morgan fingerprint density at radius 3 is 1.40 bits per heavy atom. The Balaban J connectivity index is 1.09. The molecule has 0 N–H and O–H groups in total. The number of nitrogens with zero attached hydrogens (tertiary/aromatic N) is 4. The third-order valence-electron chi connectivity index (χ3n) is 10.1. The van der Waals surface area contributed by atoms with Crippen molar-refractivity contribution in [2.24, 2.45) is 0 Å². The average molecular weight is 677 g/mol. The van der Waals surface area contributed by atoms with E-state index in [1.54, 1.807) is 0 Å². The summed E-state index contributed by atoms with van der Waals surface area (Å²) in [5.41, 5.74) is 13.5. The van der Waals surface area contributed by atoms with Crippen LogP contribution in [0.2, 0.25) is 0 Å². The van der Waals surface area contributed by atoms with Gasteiger partial charge in [-0.05, 0) is 63.5 Å². The molecule has 8 aromatic carbocycles. The molecule has 0 aliphatic carbocycles. The fraction of sp³-hybridized carbons (Fsp3) is 0. The summed E-state index contributed by atoms with van der Waals surface area (Å²) in [5.74, 6) is 1.95. The fourth-order valence-electron chi connectivity index (χ4n) is 7.53. The van der Waals surface area contributed by atoms with Gasteiger partial charge in [-0.3, -0.25) is 0 Å². The van der Waals surface area contributed by atoms with Crippen LogP contribution in [0.5, 0.6) is 0 Å². The highest BCUT2D eigenvalue weighted by Crippen LogP contribution is 2.53. The van der Waals surface area contributed by atoms with Crippen molar-refractivity contribution in [3.63, 3.8) is 0 Å². The molecule has 1 aliphatic rings. The highest BCUT2D eigenvalue weighted by Gasteiger charge is 2.27. The minimum atomic E-state index is 0.644. The van der Waals surface area contributed by atoms with Crippen LogP contribution >= 0.6 is 0 Å². The van der Waals surface area contributed by atoms with Gasteiger partial charge in [0.05, 0.1) is 11.4 Å². The third kappa shape index (κ3) is 5.45. The van der Waals surface area contributed by atoms with Gasteiger partial charge < -0.3 is 4.90 Å². The molecule has 0 saturated heterocycles. The lowest BCUT2D eigenvalue weighted by Crippen LogP contribution is -2.15. The number of aromatic nitrogens is 3.